The molecule has 13 heteroatoms. The van der Waals surface area contributed by atoms with E-state index in [9.17, 15) is 28.5 Å². The number of carbonyl (C=O) groups excluding carboxylic acids is 2. The van der Waals surface area contributed by atoms with E-state index in [-0.39, 0.29) is 42.1 Å². The molecule has 2 fully saturated rings. The van der Waals surface area contributed by atoms with Crippen molar-refractivity contribution in [1.82, 2.24) is 4.90 Å². The van der Waals surface area contributed by atoms with Gasteiger partial charge in [0.1, 0.15) is 11.0 Å². The van der Waals surface area contributed by atoms with Crippen LogP contribution < -0.4 is 10.1 Å². The first kappa shape index (κ1) is 25.5. The van der Waals surface area contributed by atoms with Crippen molar-refractivity contribution in [2.24, 2.45) is 4.99 Å². The van der Waals surface area contributed by atoms with Crippen molar-refractivity contribution in [3.05, 3.63) is 58.6 Å². The molecule has 2 aromatic rings. The van der Waals surface area contributed by atoms with Gasteiger partial charge in [-0.05, 0) is 43.2 Å². The maximum Gasteiger partial charge on any atom is 0.387 e. The van der Waals surface area contributed by atoms with E-state index in [1.807, 2.05) is 0 Å². The van der Waals surface area contributed by atoms with Crippen molar-refractivity contribution in [3.8, 4) is 5.75 Å². The minimum atomic E-state index is -2.94. The molecule has 190 valence electrons. The van der Waals surface area contributed by atoms with Gasteiger partial charge in [0.2, 0.25) is 11.8 Å². The summed E-state index contributed by atoms with van der Waals surface area (Å²) < 4.78 is 34.8. The van der Waals surface area contributed by atoms with Crippen molar-refractivity contribution >= 4 is 45.8 Å². The second kappa shape index (κ2) is 11.4. The van der Waals surface area contributed by atoms with Crippen LogP contribution in [0.15, 0.2) is 53.5 Å². The van der Waals surface area contributed by atoms with Crippen LogP contribution in [-0.4, -0.2) is 57.9 Å². The highest BCUT2D eigenvalue weighted by molar-refractivity contribution is 8.15. The molecule has 2 saturated heterocycles. The molecule has 2 amide bonds. The maximum atomic E-state index is 13.2. The highest BCUT2D eigenvalue weighted by Crippen LogP contribution is 2.33. The van der Waals surface area contributed by atoms with Crippen LogP contribution in [-0.2, 0) is 14.3 Å². The molecule has 10 nitrogen and oxygen atoms in total. The molecule has 1 N–H and O–H groups in total. The van der Waals surface area contributed by atoms with Gasteiger partial charge in [0.25, 0.3) is 5.69 Å². The zero-order valence-electron chi connectivity index (χ0n) is 18.8. The van der Waals surface area contributed by atoms with Crippen molar-refractivity contribution < 1.29 is 32.8 Å². The number of alkyl halides is 2. The molecule has 2 aliphatic rings. The van der Waals surface area contributed by atoms with Crippen LogP contribution in [0, 0.1) is 10.1 Å². The van der Waals surface area contributed by atoms with E-state index in [4.69, 9.17) is 4.74 Å². The fraction of sp³-hybridized carbons (Fsp3) is 0.348. The number of thioether (sulfide) groups is 1. The lowest BCUT2D eigenvalue weighted by molar-refractivity contribution is -0.384. The lowest BCUT2D eigenvalue weighted by Gasteiger charge is -2.20. The highest BCUT2D eigenvalue weighted by Gasteiger charge is 2.40. The Morgan fingerprint density at radius 1 is 1.31 bits per heavy atom. The average molecular weight is 521 g/mol. The number of aliphatic imine (C=N–C) groups is 1. The number of amides is 2. The number of nitro groups is 1. The van der Waals surface area contributed by atoms with Gasteiger partial charge in [0.15, 0.2) is 5.17 Å². The summed E-state index contributed by atoms with van der Waals surface area (Å²) in [4.78, 5) is 42.2. The molecule has 2 atom stereocenters. The number of anilines is 1. The molecule has 0 spiro atoms. The zero-order chi connectivity index (χ0) is 25.7. The number of halogens is 2. The Labute approximate surface area is 208 Å². The maximum absolute atomic E-state index is 13.2. The summed E-state index contributed by atoms with van der Waals surface area (Å²) >= 11 is 1.12. The number of hydrogen-bond donors (Lipinski definition) is 1. The average Bonchev–Trinajstić information content (AvgIpc) is 3.44. The molecular weight excluding hydrogens is 498 g/mol. The van der Waals surface area contributed by atoms with Gasteiger partial charge < -0.3 is 14.8 Å². The Bertz CT molecular complexity index is 1160. The molecule has 0 saturated carbocycles. The minimum Gasteiger partial charge on any atom is -0.435 e. The smallest absolute Gasteiger partial charge is 0.387 e. The Balaban J connectivity index is 1.48. The third-order valence-electron chi connectivity index (χ3n) is 5.43. The summed E-state index contributed by atoms with van der Waals surface area (Å²) in [6.45, 7) is -2.06. The van der Waals surface area contributed by atoms with E-state index in [2.05, 4.69) is 15.0 Å². The van der Waals surface area contributed by atoms with Crippen LogP contribution in [0.5, 0.6) is 5.75 Å². The Morgan fingerprint density at radius 2 is 2.08 bits per heavy atom. The number of nitrogens with zero attached hydrogens (tertiary/aromatic N) is 3. The Morgan fingerprint density at radius 3 is 2.75 bits per heavy atom. The third-order valence-corrected chi connectivity index (χ3v) is 6.60. The lowest BCUT2D eigenvalue weighted by atomic mass is 10.2. The summed E-state index contributed by atoms with van der Waals surface area (Å²) in [5.41, 5.74) is 0.507. The summed E-state index contributed by atoms with van der Waals surface area (Å²) in [7, 11) is 0. The largest absolute Gasteiger partial charge is 0.435 e. The molecule has 0 radical (unpaired) electrons. The summed E-state index contributed by atoms with van der Waals surface area (Å²) in [6, 6.07) is 11.2. The van der Waals surface area contributed by atoms with Crippen LogP contribution in [0.25, 0.3) is 0 Å². The van der Waals surface area contributed by atoms with Crippen molar-refractivity contribution in [2.75, 3.05) is 18.5 Å². The van der Waals surface area contributed by atoms with Gasteiger partial charge in [0, 0.05) is 30.8 Å². The molecular formula is C23H22F2N4O6S. The second-order valence-electron chi connectivity index (χ2n) is 8.02. The van der Waals surface area contributed by atoms with Gasteiger partial charge in [-0.2, -0.15) is 8.78 Å². The van der Waals surface area contributed by atoms with E-state index < -0.39 is 22.7 Å². The minimum absolute atomic E-state index is 0.0176. The number of ether oxygens (including phenoxy) is 2. The monoisotopic (exact) mass is 520 g/mol. The summed E-state index contributed by atoms with van der Waals surface area (Å²) in [5, 5.41) is 13.2. The number of carbonyl (C=O) groups is 2. The van der Waals surface area contributed by atoms with Gasteiger partial charge in [-0.15, -0.1) is 0 Å². The number of hydrogen-bond acceptors (Lipinski definition) is 8. The quantitative estimate of drug-likeness (QED) is 0.385. The van der Waals surface area contributed by atoms with Gasteiger partial charge >= 0.3 is 6.61 Å². The Hall–Kier alpha value is -3.58. The molecule has 0 aliphatic carbocycles. The third kappa shape index (κ3) is 6.55. The summed E-state index contributed by atoms with van der Waals surface area (Å²) in [6.07, 6.45) is 1.35. The number of rotatable bonds is 9. The van der Waals surface area contributed by atoms with E-state index in [1.165, 1.54) is 53.4 Å². The second-order valence-corrected chi connectivity index (χ2v) is 9.19. The SMILES string of the molecule is O=C(C[C@@H]1SC(=Nc2ccc(OC(F)F)cc2)N(C[C@H]2CCCO2)C1=O)Nc1cccc([N+](=O)[O-])c1. The molecule has 2 aromatic carbocycles. The topological polar surface area (TPSA) is 123 Å². The fourth-order valence-corrected chi connectivity index (χ4v) is 4.94. The van der Waals surface area contributed by atoms with Gasteiger partial charge in [-0.1, -0.05) is 17.8 Å². The zero-order valence-corrected chi connectivity index (χ0v) is 19.7. The molecule has 0 bridgehead atoms. The number of non-ortho nitro benzene ring substituents is 1. The lowest BCUT2D eigenvalue weighted by Crippen LogP contribution is -2.38. The van der Waals surface area contributed by atoms with Crippen molar-refractivity contribution in [1.29, 1.82) is 0 Å². The van der Waals surface area contributed by atoms with Crippen molar-refractivity contribution in [3.63, 3.8) is 0 Å². The number of amidine groups is 1. The van der Waals surface area contributed by atoms with Crippen LogP contribution in [0.3, 0.4) is 0 Å². The first-order valence-electron chi connectivity index (χ1n) is 11.1. The van der Waals surface area contributed by atoms with E-state index >= 15 is 0 Å². The predicted molar refractivity (Wildman–Crippen MR) is 129 cm³/mol. The normalized spacial score (nSPS) is 20.8. The highest BCUT2D eigenvalue weighted by atomic mass is 32.2. The fourth-order valence-electron chi connectivity index (χ4n) is 3.78. The van der Waals surface area contributed by atoms with E-state index in [0.29, 0.717) is 17.5 Å². The van der Waals surface area contributed by atoms with Gasteiger partial charge in [-0.25, -0.2) is 4.99 Å². The molecule has 36 heavy (non-hydrogen) atoms. The number of nitro benzene ring substituents is 1. The van der Waals surface area contributed by atoms with Crippen LogP contribution in [0.4, 0.5) is 25.8 Å². The van der Waals surface area contributed by atoms with Crippen molar-refractivity contribution in [2.45, 2.75) is 37.2 Å². The number of nitrogens with one attached hydrogen (secondary N) is 1. The van der Waals surface area contributed by atoms with E-state index in [0.717, 1.165) is 24.6 Å². The van der Waals surface area contributed by atoms with Gasteiger partial charge in [-0.3, -0.25) is 24.6 Å². The Kier molecular flexibility index (Phi) is 8.10. The van der Waals surface area contributed by atoms with E-state index in [1.54, 1.807) is 0 Å². The molecule has 0 aromatic heterocycles. The molecule has 2 aliphatic heterocycles. The molecule has 2 heterocycles. The summed E-state index contributed by atoms with van der Waals surface area (Å²) in [5.74, 6) is -0.801. The van der Waals surface area contributed by atoms with Gasteiger partial charge in [0.05, 0.1) is 23.3 Å². The molecule has 4 rings (SSSR count). The first-order valence-corrected chi connectivity index (χ1v) is 11.9. The van der Waals surface area contributed by atoms with Crippen LogP contribution >= 0.6 is 11.8 Å². The molecule has 0 unspecified atom stereocenters. The van der Waals surface area contributed by atoms with Crippen LogP contribution in [0.1, 0.15) is 19.3 Å². The number of benzene rings is 2. The standard InChI is InChI=1S/C23H22F2N4O6S/c24-22(25)35-17-8-6-14(7-9-17)27-23-28(13-18-5-2-10-34-18)21(31)19(36-23)12-20(30)26-15-3-1-4-16(11-15)29(32)33/h1,3-4,6-9,11,18-19,22H,2,5,10,12-13H2,(H,26,30)/t18-,19+/m1/s1. The van der Waals surface area contributed by atoms with Crippen LogP contribution in [0.2, 0.25) is 0 Å². The first-order chi connectivity index (χ1) is 17.3. The predicted octanol–water partition coefficient (Wildman–Crippen LogP) is 4.34.